The molecule has 1 fully saturated rings. The third-order valence-corrected chi connectivity index (χ3v) is 6.11. The molecule has 24 heavy (non-hydrogen) atoms. The molecule has 1 saturated heterocycles. The van der Waals surface area contributed by atoms with E-state index < -0.39 is 0 Å². The first-order valence-corrected chi connectivity index (χ1v) is 9.71. The predicted molar refractivity (Wildman–Crippen MR) is 103 cm³/mol. The van der Waals surface area contributed by atoms with Gasteiger partial charge in [-0.1, -0.05) is 18.2 Å². The van der Waals surface area contributed by atoms with E-state index in [1.165, 1.54) is 15.6 Å². The zero-order valence-corrected chi connectivity index (χ0v) is 14.9. The monoisotopic (exact) mass is 357 g/mol. The molecule has 0 amide bonds. The first kappa shape index (κ1) is 15.4. The van der Waals surface area contributed by atoms with Gasteiger partial charge in [0.25, 0.3) is 0 Å². The molecule has 0 atom stereocenters. The van der Waals surface area contributed by atoms with Crippen LogP contribution in [0.3, 0.4) is 0 Å². The lowest BCUT2D eigenvalue weighted by molar-refractivity contribution is 0.380. The summed E-state index contributed by atoms with van der Waals surface area (Å²) in [6.45, 7) is 4.29. The maximum atomic E-state index is 6.22. The van der Waals surface area contributed by atoms with Crippen molar-refractivity contribution in [3.8, 4) is 0 Å². The number of benzene rings is 1. The van der Waals surface area contributed by atoms with Gasteiger partial charge in [-0.25, -0.2) is 9.98 Å². The highest BCUT2D eigenvalue weighted by Gasteiger charge is 2.19. The summed E-state index contributed by atoms with van der Waals surface area (Å²) in [6, 6.07) is 8.44. The van der Waals surface area contributed by atoms with Gasteiger partial charge in [0.05, 0.1) is 6.54 Å². The van der Waals surface area contributed by atoms with Crippen molar-refractivity contribution < 1.29 is 0 Å². The van der Waals surface area contributed by atoms with Crippen molar-refractivity contribution in [1.29, 1.82) is 0 Å². The van der Waals surface area contributed by atoms with Crippen molar-refractivity contribution in [2.45, 2.75) is 6.54 Å². The van der Waals surface area contributed by atoms with E-state index in [1.807, 2.05) is 11.6 Å². The van der Waals surface area contributed by atoms with Crippen LogP contribution < -0.4 is 10.6 Å². The number of piperazine rings is 1. The lowest BCUT2D eigenvalue weighted by Gasteiger charge is -2.35. The number of nitrogens with two attached hydrogens (primary N) is 1. The van der Waals surface area contributed by atoms with E-state index in [0.717, 1.165) is 31.3 Å². The molecule has 1 aliphatic rings. The van der Waals surface area contributed by atoms with Crippen molar-refractivity contribution >= 4 is 43.9 Å². The van der Waals surface area contributed by atoms with Gasteiger partial charge in [-0.3, -0.25) is 0 Å². The summed E-state index contributed by atoms with van der Waals surface area (Å²) in [4.78, 5) is 13.5. The van der Waals surface area contributed by atoms with Gasteiger partial charge in [-0.05, 0) is 22.4 Å². The first-order valence-electron chi connectivity index (χ1n) is 7.96. The second-order valence-corrected chi connectivity index (χ2v) is 7.50. The highest BCUT2D eigenvalue weighted by Crippen LogP contribution is 2.26. The molecular weight excluding hydrogens is 338 g/mol. The fourth-order valence-corrected chi connectivity index (χ4v) is 4.57. The SMILES string of the molecule is NC(=NCc1csc2ccccc12)N1CCN(c2nccs2)CC1. The predicted octanol–water partition coefficient (Wildman–Crippen LogP) is 2.99. The molecule has 0 unspecified atom stereocenters. The number of fused-ring (bicyclic) bond motifs is 1. The second kappa shape index (κ2) is 6.78. The Morgan fingerprint density at radius 1 is 1.17 bits per heavy atom. The fraction of sp³-hybridized carbons (Fsp3) is 0.294. The summed E-state index contributed by atoms with van der Waals surface area (Å²) in [5.74, 6) is 0.643. The van der Waals surface area contributed by atoms with E-state index in [-0.39, 0.29) is 0 Å². The summed E-state index contributed by atoms with van der Waals surface area (Å²) < 4.78 is 1.30. The highest BCUT2D eigenvalue weighted by molar-refractivity contribution is 7.17. The minimum absolute atomic E-state index is 0.641. The Kier molecular flexibility index (Phi) is 4.36. The lowest BCUT2D eigenvalue weighted by atomic mass is 10.2. The van der Waals surface area contributed by atoms with Crippen LogP contribution in [0.2, 0.25) is 0 Å². The standard InChI is InChI=1S/C17H19N5S2/c18-16(20-11-13-12-24-15-4-2-1-3-14(13)15)21-6-8-22(9-7-21)17-19-5-10-23-17/h1-5,10,12H,6-9,11H2,(H2,18,20). The number of guanidine groups is 1. The van der Waals surface area contributed by atoms with Crippen LogP contribution in [0.5, 0.6) is 0 Å². The molecule has 7 heteroatoms. The average Bonchev–Trinajstić information content (AvgIpc) is 3.30. The quantitative estimate of drug-likeness (QED) is 0.578. The van der Waals surface area contributed by atoms with Crippen LogP contribution in [-0.2, 0) is 6.54 Å². The van der Waals surface area contributed by atoms with Gasteiger partial charge in [0.1, 0.15) is 0 Å². The number of hydrogen-bond donors (Lipinski definition) is 1. The summed E-state index contributed by atoms with van der Waals surface area (Å²) in [7, 11) is 0. The molecule has 2 aromatic heterocycles. The normalized spacial score (nSPS) is 16.1. The smallest absolute Gasteiger partial charge is 0.191 e. The van der Waals surface area contributed by atoms with E-state index >= 15 is 0 Å². The first-order chi connectivity index (χ1) is 11.8. The molecule has 0 aliphatic carbocycles. The number of rotatable bonds is 3. The Hall–Kier alpha value is -2.12. The van der Waals surface area contributed by atoms with E-state index in [0.29, 0.717) is 12.5 Å². The summed E-state index contributed by atoms with van der Waals surface area (Å²) in [6.07, 6.45) is 1.85. The summed E-state index contributed by atoms with van der Waals surface area (Å²) in [5.41, 5.74) is 7.47. The van der Waals surface area contributed by atoms with Gasteiger partial charge in [0, 0.05) is 42.5 Å². The Balaban J connectivity index is 1.39. The molecule has 1 aliphatic heterocycles. The number of anilines is 1. The summed E-state index contributed by atoms with van der Waals surface area (Å²) in [5, 5.41) is 6.58. The van der Waals surface area contributed by atoms with E-state index in [1.54, 1.807) is 22.7 Å². The highest BCUT2D eigenvalue weighted by atomic mass is 32.1. The number of nitrogens with zero attached hydrogens (tertiary/aromatic N) is 4. The molecule has 5 nitrogen and oxygen atoms in total. The third kappa shape index (κ3) is 3.09. The number of aromatic nitrogens is 1. The molecule has 0 saturated carbocycles. The molecule has 2 N–H and O–H groups in total. The van der Waals surface area contributed by atoms with Crippen LogP contribution in [-0.4, -0.2) is 42.0 Å². The molecule has 124 valence electrons. The Morgan fingerprint density at radius 3 is 2.79 bits per heavy atom. The van der Waals surface area contributed by atoms with Crippen LogP contribution in [0.15, 0.2) is 46.2 Å². The Labute approximate surface area is 149 Å². The van der Waals surface area contributed by atoms with Crippen molar-refractivity contribution in [3.05, 3.63) is 46.8 Å². The maximum absolute atomic E-state index is 6.22. The molecule has 0 bridgehead atoms. The van der Waals surface area contributed by atoms with Gasteiger partial charge in [0.15, 0.2) is 11.1 Å². The molecule has 3 heterocycles. The van der Waals surface area contributed by atoms with Gasteiger partial charge in [-0.2, -0.15) is 0 Å². The van der Waals surface area contributed by atoms with Gasteiger partial charge in [0.2, 0.25) is 0 Å². The van der Waals surface area contributed by atoms with Crippen molar-refractivity contribution in [3.63, 3.8) is 0 Å². The van der Waals surface area contributed by atoms with Crippen LogP contribution >= 0.6 is 22.7 Å². The minimum atomic E-state index is 0.641. The minimum Gasteiger partial charge on any atom is -0.370 e. The molecule has 0 spiro atoms. The fourth-order valence-electron chi connectivity index (χ4n) is 2.92. The average molecular weight is 358 g/mol. The van der Waals surface area contributed by atoms with Crippen LogP contribution in [0.4, 0.5) is 5.13 Å². The molecule has 4 rings (SSSR count). The zero-order valence-electron chi connectivity index (χ0n) is 13.3. The van der Waals surface area contributed by atoms with Crippen molar-refractivity contribution in [2.75, 3.05) is 31.1 Å². The number of aliphatic imine (C=N–C) groups is 1. The maximum Gasteiger partial charge on any atom is 0.191 e. The van der Waals surface area contributed by atoms with Gasteiger partial charge in [-0.15, -0.1) is 22.7 Å². The number of thiazole rings is 1. The number of hydrogen-bond acceptors (Lipinski definition) is 5. The van der Waals surface area contributed by atoms with Crippen LogP contribution in [0.25, 0.3) is 10.1 Å². The van der Waals surface area contributed by atoms with E-state index in [9.17, 15) is 0 Å². The molecule has 0 radical (unpaired) electrons. The second-order valence-electron chi connectivity index (χ2n) is 5.72. The third-order valence-electron chi connectivity index (χ3n) is 4.27. The van der Waals surface area contributed by atoms with Crippen LogP contribution in [0, 0.1) is 0 Å². The Bertz CT molecular complexity index is 832. The molecule has 3 aromatic rings. The van der Waals surface area contributed by atoms with Gasteiger partial charge < -0.3 is 15.5 Å². The molecule has 1 aromatic carbocycles. The van der Waals surface area contributed by atoms with Crippen molar-refractivity contribution in [2.24, 2.45) is 10.7 Å². The lowest BCUT2D eigenvalue weighted by Crippen LogP contribution is -2.51. The zero-order chi connectivity index (χ0) is 16.4. The van der Waals surface area contributed by atoms with E-state index in [2.05, 4.69) is 49.4 Å². The summed E-state index contributed by atoms with van der Waals surface area (Å²) >= 11 is 3.45. The molecular formula is C17H19N5S2. The Morgan fingerprint density at radius 2 is 2.00 bits per heavy atom. The van der Waals surface area contributed by atoms with E-state index in [4.69, 9.17) is 5.73 Å². The van der Waals surface area contributed by atoms with Gasteiger partial charge >= 0.3 is 0 Å². The van der Waals surface area contributed by atoms with Crippen molar-refractivity contribution in [1.82, 2.24) is 9.88 Å². The topological polar surface area (TPSA) is 57.8 Å². The van der Waals surface area contributed by atoms with Crippen LogP contribution in [0.1, 0.15) is 5.56 Å². The largest absolute Gasteiger partial charge is 0.370 e. The number of thiophene rings is 1.